The molecule has 3 N–H and O–H groups in total. The van der Waals surface area contributed by atoms with E-state index in [2.05, 4.69) is 5.32 Å². The summed E-state index contributed by atoms with van der Waals surface area (Å²) in [5, 5.41) is 1.69. The van der Waals surface area contributed by atoms with Crippen LogP contribution in [0.15, 0.2) is 0 Å². The van der Waals surface area contributed by atoms with Crippen molar-refractivity contribution < 1.29 is 9.59 Å². The number of carbonyl (C=O) groups is 2. The van der Waals surface area contributed by atoms with Gasteiger partial charge >= 0.3 is 6.03 Å². The number of thioether (sulfide) groups is 1. The third-order valence-corrected chi connectivity index (χ3v) is 4.38. The number of nitrogens with zero attached hydrogens (tertiary/aromatic N) is 1. The number of nitrogens with one attached hydrogen (secondary N) is 1. The van der Waals surface area contributed by atoms with Crippen LogP contribution in [0.5, 0.6) is 0 Å². The highest BCUT2D eigenvalue weighted by molar-refractivity contribution is 8.23. The molecule has 0 aliphatic carbocycles. The Balaban J connectivity index is 4.68. The highest BCUT2D eigenvalue weighted by Gasteiger charge is 2.26. The fourth-order valence-corrected chi connectivity index (χ4v) is 2.98. The molecule has 0 bridgehead atoms. The maximum absolute atomic E-state index is 11.8. The SMILES string of the molecule is CCN(CC)C(=S)S[C@@H](C(=O)NC(N)=O)C(C)C. The van der Waals surface area contributed by atoms with Crippen molar-refractivity contribution in [2.45, 2.75) is 32.9 Å². The first-order chi connectivity index (χ1) is 8.33. The summed E-state index contributed by atoms with van der Waals surface area (Å²) < 4.78 is 0.665. The highest BCUT2D eigenvalue weighted by Crippen LogP contribution is 2.23. The van der Waals surface area contributed by atoms with Gasteiger partial charge in [-0.15, -0.1) is 0 Å². The van der Waals surface area contributed by atoms with E-state index >= 15 is 0 Å². The second kappa shape index (κ2) is 8.31. The second-order valence-corrected chi connectivity index (χ2v) is 5.85. The van der Waals surface area contributed by atoms with Gasteiger partial charge in [0.25, 0.3) is 0 Å². The summed E-state index contributed by atoms with van der Waals surface area (Å²) in [5.74, 6) is -0.333. The van der Waals surface area contributed by atoms with Crippen LogP contribution in [-0.4, -0.2) is 39.5 Å². The minimum atomic E-state index is -0.833. The van der Waals surface area contributed by atoms with Crippen LogP contribution in [0.3, 0.4) is 0 Å². The first-order valence-corrected chi connectivity index (χ1v) is 7.18. The van der Waals surface area contributed by atoms with Gasteiger partial charge in [0.1, 0.15) is 4.32 Å². The molecule has 3 amide bonds. The van der Waals surface area contributed by atoms with E-state index in [0.29, 0.717) is 4.32 Å². The Morgan fingerprint density at radius 2 is 1.83 bits per heavy atom. The van der Waals surface area contributed by atoms with Gasteiger partial charge in [-0.1, -0.05) is 37.8 Å². The Bertz CT molecular complexity index is 317. The number of nitrogens with two attached hydrogens (primary N) is 1. The van der Waals surface area contributed by atoms with Crippen molar-refractivity contribution in [2.75, 3.05) is 13.1 Å². The number of thiocarbonyl (C=S) groups is 1. The van der Waals surface area contributed by atoms with Crippen LogP contribution in [-0.2, 0) is 4.79 Å². The van der Waals surface area contributed by atoms with Gasteiger partial charge in [0.15, 0.2) is 0 Å². The molecule has 0 rings (SSSR count). The van der Waals surface area contributed by atoms with E-state index < -0.39 is 17.2 Å². The van der Waals surface area contributed by atoms with E-state index in [4.69, 9.17) is 18.0 Å². The standard InChI is InChI=1S/C11H21N3O2S2/c1-5-14(6-2)11(17)18-8(7(3)4)9(15)13-10(12)16/h7-8H,5-6H2,1-4H3,(H3,12,13,15,16)/t8-/m1/s1. The van der Waals surface area contributed by atoms with E-state index in [0.717, 1.165) is 13.1 Å². The minimum absolute atomic E-state index is 0.0582. The Hall–Kier alpha value is -0.820. The molecule has 0 aromatic heterocycles. The quantitative estimate of drug-likeness (QED) is 0.752. The van der Waals surface area contributed by atoms with Crippen LogP contribution in [0.2, 0.25) is 0 Å². The zero-order valence-electron chi connectivity index (χ0n) is 11.2. The molecular formula is C11H21N3O2S2. The Morgan fingerprint density at radius 1 is 1.33 bits per heavy atom. The molecule has 0 aromatic rings. The molecule has 7 heteroatoms. The van der Waals surface area contributed by atoms with Gasteiger partial charge in [0, 0.05) is 13.1 Å². The van der Waals surface area contributed by atoms with E-state index in [1.807, 2.05) is 32.6 Å². The number of hydrogen-bond donors (Lipinski definition) is 2. The zero-order valence-corrected chi connectivity index (χ0v) is 12.9. The third-order valence-electron chi connectivity index (χ3n) is 2.36. The average Bonchev–Trinajstić information content (AvgIpc) is 2.25. The molecule has 0 aliphatic rings. The summed E-state index contributed by atoms with van der Waals surface area (Å²) in [5.41, 5.74) is 4.95. The molecule has 0 heterocycles. The largest absolute Gasteiger partial charge is 0.358 e. The average molecular weight is 291 g/mol. The number of imide groups is 1. The number of rotatable bonds is 5. The van der Waals surface area contributed by atoms with Crippen LogP contribution in [0.25, 0.3) is 0 Å². The van der Waals surface area contributed by atoms with Gasteiger partial charge < -0.3 is 10.6 Å². The van der Waals surface area contributed by atoms with Gasteiger partial charge in [-0.05, 0) is 19.8 Å². The van der Waals surface area contributed by atoms with Crippen LogP contribution < -0.4 is 11.1 Å². The summed E-state index contributed by atoms with van der Waals surface area (Å²) in [6.45, 7) is 9.41. The molecule has 0 saturated heterocycles. The normalized spacial score (nSPS) is 12.1. The summed E-state index contributed by atoms with van der Waals surface area (Å²) in [7, 11) is 0. The minimum Gasteiger partial charge on any atom is -0.358 e. The summed E-state index contributed by atoms with van der Waals surface area (Å²) in [4.78, 5) is 24.5. The molecule has 104 valence electrons. The molecule has 5 nitrogen and oxygen atoms in total. The number of hydrogen-bond acceptors (Lipinski definition) is 4. The van der Waals surface area contributed by atoms with Crippen molar-refractivity contribution >= 4 is 40.2 Å². The summed E-state index contributed by atoms with van der Waals surface area (Å²) >= 11 is 6.59. The van der Waals surface area contributed by atoms with Crippen molar-refractivity contribution in [1.29, 1.82) is 0 Å². The van der Waals surface area contributed by atoms with Crippen LogP contribution >= 0.6 is 24.0 Å². The zero-order chi connectivity index (χ0) is 14.3. The first kappa shape index (κ1) is 17.2. The number of carbonyl (C=O) groups excluding carboxylic acids is 2. The lowest BCUT2D eigenvalue weighted by Gasteiger charge is -2.25. The van der Waals surface area contributed by atoms with Gasteiger partial charge in [0.2, 0.25) is 5.91 Å². The predicted molar refractivity (Wildman–Crippen MR) is 79.5 cm³/mol. The lowest BCUT2D eigenvalue weighted by Crippen LogP contribution is -2.43. The molecule has 0 spiro atoms. The highest BCUT2D eigenvalue weighted by atomic mass is 32.2. The van der Waals surface area contributed by atoms with E-state index in [9.17, 15) is 9.59 Å². The molecular weight excluding hydrogens is 270 g/mol. The molecule has 0 unspecified atom stereocenters. The van der Waals surface area contributed by atoms with E-state index in [1.165, 1.54) is 11.8 Å². The van der Waals surface area contributed by atoms with Crippen LogP contribution in [0.1, 0.15) is 27.7 Å². The van der Waals surface area contributed by atoms with Crippen LogP contribution in [0.4, 0.5) is 4.79 Å². The van der Waals surface area contributed by atoms with E-state index in [-0.39, 0.29) is 5.92 Å². The lowest BCUT2D eigenvalue weighted by molar-refractivity contribution is -0.120. The lowest BCUT2D eigenvalue weighted by atomic mass is 10.1. The van der Waals surface area contributed by atoms with Crippen molar-refractivity contribution in [3.05, 3.63) is 0 Å². The van der Waals surface area contributed by atoms with Gasteiger partial charge in [-0.2, -0.15) is 0 Å². The smallest absolute Gasteiger partial charge is 0.318 e. The monoisotopic (exact) mass is 291 g/mol. The molecule has 0 aromatic carbocycles. The maximum Gasteiger partial charge on any atom is 0.318 e. The topological polar surface area (TPSA) is 75.4 Å². The Morgan fingerprint density at radius 3 is 2.17 bits per heavy atom. The molecule has 18 heavy (non-hydrogen) atoms. The van der Waals surface area contributed by atoms with Crippen molar-refractivity contribution in [3.8, 4) is 0 Å². The summed E-state index contributed by atoms with van der Waals surface area (Å²) in [6, 6.07) is -0.833. The molecule has 0 fully saturated rings. The fraction of sp³-hybridized carbons (Fsp3) is 0.727. The predicted octanol–water partition coefficient (Wildman–Crippen LogP) is 1.57. The van der Waals surface area contributed by atoms with Crippen molar-refractivity contribution in [2.24, 2.45) is 11.7 Å². The second-order valence-electron chi connectivity index (χ2n) is 4.07. The maximum atomic E-state index is 11.8. The molecule has 1 atom stereocenters. The number of amides is 3. The Labute approximate surface area is 118 Å². The Kier molecular flexibility index (Phi) is 7.93. The van der Waals surface area contributed by atoms with Gasteiger partial charge in [-0.3, -0.25) is 10.1 Å². The van der Waals surface area contributed by atoms with Crippen LogP contribution in [0, 0.1) is 5.92 Å². The van der Waals surface area contributed by atoms with Crippen molar-refractivity contribution in [3.63, 3.8) is 0 Å². The number of urea groups is 1. The molecule has 0 saturated carbocycles. The molecule has 0 radical (unpaired) electrons. The van der Waals surface area contributed by atoms with Gasteiger partial charge in [-0.25, -0.2) is 4.79 Å². The first-order valence-electron chi connectivity index (χ1n) is 5.89. The summed E-state index contributed by atoms with van der Waals surface area (Å²) in [6.07, 6.45) is 0. The van der Waals surface area contributed by atoms with Gasteiger partial charge in [0.05, 0.1) is 5.25 Å². The number of primary amides is 1. The van der Waals surface area contributed by atoms with Crippen molar-refractivity contribution in [1.82, 2.24) is 10.2 Å². The van der Waals surface area contributed by atoms with E-state index in [1.54, 1.807) is 0 Å². The molecule has 0 aliphatic heterocycles. The fourth-order valence-electron chi connectivity index (χ4n) is 1.35. The third kappa shape index (κ3) is 5.68.